The average molecular weight is 268 g/mol. The topological polar surface area (TPSA) is 34.9 Å². The summed E-state index contributed by atoms with van der Waals surface area (Å²) in [5.41, 5.74) is 2.00. The summed E-state index contributed by atoms with van der Waals surface area (Å²) in [6, 6.07) is 6.76. The molecule has 2 heterocycles. The Morgan fingerprint density at radius 3 is 2.75 bits per heavy atom. The molecule has 3 nitrogen and oxygen atoms in total. The molecule has 3 aromatic rings. The van der Waals surface area contributed by atoms with E-state index in [2.05, 4.69) is 11.6 Å². The molecule has 0 N–H and O–H groups in total. The number of fused-ring (bicyclic) bond motifs is 3. The summed E-state index contributed by atoms with van der Waals surface area (Å²) in [5.74, 6) is -0.598. The molecule has 0 aliphatic heterocycles. The second-order valence-corrected chi connectivity index (χ2v) is 4.85. The lowest BCUT2D eigenvalue weighted by Crippen LogP contribution is -2.19. The fourth-order valence-electron chi connectivity index (χ4n) is 2.60. The van der Waals surface area contributed by atoms with Crippen LogP contribution in [0.3, 0.4) is 0 Å². The van der Waals surface area contributed by atoms with Crippen molar-refractivity contribution in [1.82, 2.24) is 9.55 Å². The van der Waals surface area contributed by atoms with Crippen molar-refractivity contribution in [2.75, 3.05) is 0 Å². The Balaban J connectivity index is 2.72. The van der Waals surface area contributed by atoms with Crippen LogP contribution in [0.5, 0.6) is 0 Å². The molecular weight excluding hydrogens is 255 g/mol. The van der Waals surface area contributed by atoms with Gasteiger partial charge in [0.1, 0.15) is 5.65 Å². The molecule has 0 spiro atoms. The quantitative estimate of drug-likeness (QED) is 0.502. The maximum Gasteiger partial charge on any atom is 0.259 e. The highest BCUT2D eigenvalue weighted by molar-refractivity contribution is 6.08. The van der Waals surface area contributed by atoms with Crippen LogP contribution in [0.2, 0.25) is 0 Å². The monoisotopic (exact) mass is 268 g/mol. The Bertz CT molecular complexity index is 925. The van der Waals surface area contributed by atoms with Gasteiger partial charge in [0.05, 0.1) is 0 Å². The molecule has 0 aliphatic carbocycles. The van der Waals surface area contributed by atoms with Gasteiger partial charge in [0.15, 0.2) is 0 Å². The van der Waals surface area contributed by atoms with E-state index < -0.39 is 5.95 Å². The van der Waals surface area contributed by atoms with Gasteiger partial charge in [0, 0.05) is 23.2 Å². The molecule has 1 aromatic carbocycles. The van der Waals surface area contributed by atoms with Crippen molar-refractivity contribution < 1.29 is 4.39 Å². The van der Waals surface area contributed by atoms with E-state index in [9.17, 15) is 9.18 Å². The minimum Gasteiger partial charge on any atom is -0.295 e. The van der Waals surface area contributed by atoms with Gasteiger partial charge in [-0.15, -0.1) is 0 Å². The van der Waals surface area contributed by atoms with E-state index in [1.54, 1.807) is 19.2 Å². The van der Waals surface area contributed by atoms with Crippen LogP contribution in [0, 0.1) is 12.9 Å². The summed E-state index contributed by atoms with van der Waals surface area (Å²) in [6.45, 7) is 5.72. The van der Waals surface area contributed by atoms with Crippen molar-refractivity contribution in [2.24, 2.45) is 7.05 Å². The number of aryl methyl sites for hydroxylation is 2. The summed E-state index contributed by atoms with van der Waals surface area (Å²) in [6.07, 6.45) is 1.71. The van der Waals surface area contributed by atoms with E-state index in [0.29, 0.717) is 11.0 Å². The van der Waals surface area contributed by atoms with E-state index in [1.807, 2.05) is 19.1 Å². The summed E-state index contributed by atoms with van der Waals surface area (Å²) < 4.78 is 14.7. The molecule has 0 fully saturated rings. The first kappa shape index (κ1) is 12.5. The number of hydrogen-bond acceptors (Lipinski definition) is 2. The third-order valence-electron chi connectivity index (χ3n) is 3.50. The molecule has 0 unspecified atom stereocenters. The van der Waals surface area contributed by atoms with Crippen molar-refractivity contribution >= 4 is 27.9 Å². The lowest BCUT2D eigenvalue weighted by atomic mass is 9.99. The lowest BCUT2D eigenvalue weighted by Gasteiger charge is -2.11. The third-order valence-corrected chi connectivity index (χ3v) is 3.50. The number of rotatable bonds is 1. The first-order valence-electron chi connectivity index (χ1n) is 6.25. The maximum absolute atomic E-state index is 13.3. The predicted molar refractivity (Wildman–Crippen MR) is 79.3 cm³/mol. The molecule has 20 heavy (non-hydrogen) atoms. The molecule has 0 radical (unpaired) electrons. The first-order valence-corrected chi connectivity index (χ1v) is 6.25. The maximum atomic E-state index is 13.3. The van der Waals surface area contributed by atoms with Crippen molar-refractivity contribution in [3.05, 3.63) is 58.3 Å². The molecule has 0 amide bonds. The van der Waals surface area contributed by atoms with Gasteiger partial charge in [0.25, 0.3) is 5.56 Å². The number of pyridine rings is 2. The summed E-state index contributed by atoms with van der Waals surface area (Å²) in [4.78, 5) is 16.3. The van der Waals surface area contributed by atoms with Crippen LogP contribution in [0.15, 0.2) is 35.6 Å². The Morgan fingerprint density at radius 1 is 1.30 bits per heavy atom. The van der Waals surface area contributed by atoms with Crippen LogP contribution in [-0.2, 0) is 7.05 Å². The minimum atomic E-state index is -0.598. The second-order valence-electron chi connectivity index (χ2n) is 4.85. The largest absolute Gasteiger partial charge is 0.295 e. The summed E-state index contributed by atoms with van der Waals surface area (Å²) >= 11 is 0. The molecule has 4 heteroatoms. The van der Waals surface area contributed by atoms with Crippen molar-refractivity contribution in [3.63, 3.8) is 0 Å². The Labute approximate surface area is 115 Å². The van der Waals surface area contributed by atoms with E-state index in [0.717, 1.165) is 21.9 Å². The molecular formula is C16H13FN2O. The second kappa shape index (κ2) is 4.27. The van der Waals surface area contributed by atoms with Gasteiger partial charge in [0.2, 0.25) is 5.95 Å². The van der Waals surface area contributed by atoms with Crippen LogP contribution in [0.1, 0.15) is 11.1 Å². The Hall–Kier alpha value is -2.49. The number of aromatic nitrogens is 2. The predicted octanol–water partition coefficient (Wildman–Crippen LogP) is 3.18. The van der Waals surface area contributed by atoms with E-state index >= 15 is 0 Å². The van der Waals surface area contributed by atoms with Gasteiger partial charge in [-0.05, 0) is 36.2 Å². The smallest absolute Gasteiger partial charge is 0.259 e. The number of halogens is 1. The number of hydrogen-bond donors (Lipinski definition) is 0. The molecule has 100 valence electrons. The van der Waals surface area contributed by atoms with Crippen LogP contribution in [-0.4, -0.2) is 9.55 Å². The Kier molecular flexibility index (Phi) is 2.67. The van der Waals surface area contributed by atoms with Crippen LogP contribution in [0.25, 0.3) is 27.9 Å². The zero-order valence-electron chi connectivity index (χ0n) is 11.3. The van der Waals surface area contributed by atoms with Gasteiger partial charge in [-0.3, -0.25) is 9.36 Å². The van der Waals surface area contributed by atoms with Crippen LogP contribution < -0.4 is 5.56 Å². The van der Waals surface area contributed by atoms with Gasteiger partial charge in [-0.2, -0.15) is 4.39 Å². The van der Waals surface area contributed by atoms with Crippen molar-refractivity contribution in [2.45, 2.75) is 6.92 Å². The molecule has 0 saturated carbocycles. The highest BCUT2D eigenvalue weighted by atomic mass is 19.1. The normalized spacial score (nSPS) is 11.2. The third kappa shape index (κ3) is 1.65. The van der Waals surface area contributed by atoms with Gasteiger partial charge >= 0.3 is 0 Å². The van der Waals surface area contributed by atoms with Gasteiger partial charge < -0.3 is 0 Å². The fourth-order valence-corrected chi connectivity index (χ4v) is 2.60. The van der Waals surface area contributed by atoms with Crippen LogP contribution >= 0.6 is 0 Å². The van der Waals surface area contributed by atoms with E-state index in [4.69, 9.17) is 0 Å². The van der Waals surface area contributed by atoms with E-state index in [-0.39, 0.29) is 5.56 Å². The lowest BCUT2D eigenvalue weighted by molar-refractivity contribution is 0.586. The molecule has 0 bridgehead atoms. The molecule has 0 aliphatic rings. The summed E-state index contributed by atoms with van der Waals surface area (Å²) in [5, 5.41) is 2.12. The first-order chi connectivity index (χ1) is 9.52. The van der Waals surface area contributed by atoms with Crippen molar-refractivity contribution in [3.8, 4) is 0 Å². The summed E-state index contributed by atoms with van der Waals surface area (Å²) in [7, 11) is 1.60. The van der Waals surface area contributed by atoms with Crippen molar-refractivity contribution in [1.29, 1.82) is 0 Å². The van der Waals surface area contributed by atoms with Crippen LogP contribution in [0.4, 0.5) is 4.39 Å². The number of nitrogens with zero attached hydrogens (tertiary/aromatic N) is 2. The SMILES string of the molecule is C=Cc1cc(C)cc2c(=O)n(C)c3nc(F)ccc3c12. The zero-order valence-corrected chi connectivity index (χ0v) is 11.3. The zero-order chi connectivity index (χ0) is 14.4. The van der Waals surface area contributed by atoms with Gasteiger partial charge in [-0.25, -0.2) is 4.98 Å². The van der Waals surface area contributed by atoms with E-state index in [1.165, 1.54) is 10.6 Å². The molecule has 0 atom stereocenters. The average Bonchev–Trinajstić information content (AvgIpc) is 2.44. The number of benzene rings is 1. The fraction of sp³-hybridized carbons (Fsp3) is 0.125. The highest BCUT2D eigenvalue weighted by Gasteiger charge is 2.13. The molecule has 2 aromatic heterocycles. The minimum absolute atomic E-state index is 0.183. The Morgan fingerprint density at radius 2 is 2.05 bits per heavy atom. The van der Waals surface area contributed by atoms with Gasteiger partial charge in [-0.1, -0.05) is 18.7 Å². The molecule has 0 saturated heterocycles. The molecule has 3 rings (SSSR count). The highest BCUT2D eigenvalue weighted by Crippen LogP contribution is 2.27. The standard InChI is InChI=1S/C16H13FN2O/c1-4-10-7-9(2)8-12-14(10)11-5-6-13(17)18-15(11)19(3)16(12)20/h4-8H,1H2,2-3H3.